The van der Waals surface area contributed by atoms with Gasteiger partial charge in [0.1, 0.15) is 5.54 Å². The summed E-state index contributed by atoms with van der Waals surface area (Å²) in [5, 5.41) is 9.16. The highest BCUT2D eigenvalue weighted by Crippen LogP contribution is 2.35. The zero-order valence-electron chi connectivity index (χ0n) is 10.3. The summed E-state index contributed by atoms with van der Waals surface area (Å²) in [7, 11) is 0. The monoisotopic (exact) mass is 246 g/mol. The average Bonchev–Trinajstić information content (AvgIpc) is 2.92. The summed E-state index contributed by atoms with van der Waals surface area (Å²) in [4.78, 5) is 13.5. The molecular weight excluding hydrogens is 228 g/mol. The summed E-state index contributed by atoms with van der Waals surface area (Å²) in [6.07, 6.45) is 2.03. The van der Waals surface area contributed by atoms with Crippen molar-refractivity contribution in [2.24, 2.45) is 5.73 Å². The summed E-state index contributed by atoms with van der Waals surface area (Å²) in [5.74, 6) is -0.860. The maximum absolute atomic E-state index is 11.2. The molecule has 1 aromatic carbocycles. The molecule has 0 amide bonds. The predicted molar refractivity (Wildman–Crippen MR) is 67.9 cm³/mol. The zero-order valence-corrected chi connectivity index (χ0v) is 10.3. The lowest BCUT2D eigenvalue weighted by Crippen LogP contribution is -2.46. The van der Waals surface area contributed by atoms with Gasteiger partial charge in [0.2, 0.25) is 0 Å². The summed E-state index contributed by atoms with van der Waals surface area (Å²) in [5.41, 5.74) is 7.65. The van der Waals surface area contributed by atoms with E-state index in [0.29, 0.717) is 18.9 Å². The van der Waals surface area contributed by atoms with Crippen LogP contribution < -0.4 is 5.73 Å². The number of hydrogen-bond acceptors (Lipinski definition) is 3. The zero-order chi connectivity index (χ0) is 12.8. The Balaban J connectivity index is 1.72. The largest absolute Gasteiger partial charge is 0.480 e. The van der Waals surface area contributed by atoms with Crippen LogP contribution in [0.25, 0.3) is 0 Å². The van der Waals surface area contributed by atoms with Gasteiger partial charge in [0.15, 0.2) is 0 Å². The molecule has 1 heterocycles. The van der Waals surface area contributed by atoms with Gasteiger partial charge in [0.05, 0.1) is 0 Å². The van der Waals surface area contributed by atoms with E-state index in [1.54, 1.807) is 0 Å². The third kappa shape index (κ3) is 1.82. The summed E-state index contributed by atoms with van der Waals surface area (Å²) in [6.45, 7) is 1.85. The molecule has 1 aromatic rings. The number of nitrogens with zero attached hydrogens (tertiary/aromatic N) is 1. The maximum Gasteiger partial charge on any atom is 0.323 e. The van der Waals surface area contributed by atoms with E-state index in [1.807, 2.05) is 0 Å². The van der Waals surface area contributed by atoms with E-state index in [2.05, 4.69) is 29.2 Å². The second-order valence-electron chi connectivity index (χ2n) is 5.53. The standard InChI is InChI=1S/C14H18N2O2/c15-14(13(17)18)6-5-12(7-14)16-8-10-3-1-2-4-11(10)9-16/h1-4,12H,5-9,15H2,(H,17,18). The number of rotatable bonds is 2. The van der Waals surface area contributed by atoms with Gasteiger partial charge in [-0.1, -0.05) is 24.3 Å². The number of carbonyl (C=O) groups is 1. The predicted octanol–water partition coefficient (Wildman–Crippen LogP) is 1.34. The number of carboxylic acids is 1. The molecule has 1 aliphatic heterocycles. The van der Waals surface area contributed by atoms with Gasteiger partial charge in [-0.05, 0) is 30.4 Å². The van der Waals surface area contributed by atoms with E-state index in [0.717, 1.165) is 19.5 Å². The molecule has 4 nitrogen and oxygen atoms in total. The number of benzene rings is 1. The highest BCUT2D eigenvalue weighted by molar-refractivity contribution is 5.79. The molecule has 3 N–H and O–H groups in total. The van der Waals surface area contributed by atoms with Crippen LogP contribution in [0.5, 0.6) is 0 Å². The molecule has 1 aliphatic carbocycles. The highest BCUT2D eigenvalue weighted by atomic mass is 16.4. The number of fused-ring (bicyclic) bond motifs is 1. The molecule has 0 saturated heterocycles. The van der Waals surface area contributed by atoms with Crippen LogP contribution in [0.3, 0.4) is 0 Å². The van der Waals surface area contributed by atoms with Crippen molar-refractivity contribution < 1.29 is 9.90 Å². The molecule has 0 aromatic heterocycles. The molecular formula is C14H18N2O2. The van der Waals surface area contributed by atoms with Crippen LogP contribution in [0.2, 0.25) is 0 Å². The van der Waals surface area contributed by atoms with Gasteiger partial charge >= 0.3 is 5.97 Å². The van der Waals surface area contributed by atoms with Crippen LogP contribution >= 0.6 is 0 Å². The second-order valence-corrected chi connectivity index (χ2v) is 5.53. The molecule has 2 atom stereocenters. The fraction of sp³-hybridized carbons (Fsp3) is 0.500. The Labute approximate surface area is 106 Å². The van der Waals surface area contributed by atoms with Crippen molar-refractivity contribution in [1.29, 1.82) is 0 Å². The molecule has 1 saturated carbocycles. The van der Waals surface area contributed by atoms with Gasteiger partial charge in [-0.25, -0.2) is 0 Å². The number of hydrogen-bond donors (Lipinski definition) is 2. The topological polar surface area (TPSA) is 66.6 Å². The molecule has 3 rings (SSSR count). The maximum atomic E-state index is 11.2. The Morgan fingerprint density at radius 2 is 1.94 bits per heavy atom. The Kier molecular flexibility index (Phi) is 2.64. The van der Waals surface area contributed by atoms with Gasteiger partial charge in [-0.3, -0.25) is 9.69 Å². The van der Waals surface area contributed by atoms with E-state index < -0.39 is 11.5 Å². The summed E-state index contributed by atoms with van der Waals surface area (Å²) in [6, 6.07) is 8.72. The summed E-state index contributed by atoms with van der Waals surface area (Å²) >= 11 is 0. The van der Waals surface area contributed by atoms with Crippen molar-refractivity contribution >= 4 is 5.97 Å². The minimum Gasteiger partial charge on any atom is -0.480 e. The first kappa shape index (κ1) is 11.7. The van der Waals surface area contributed by atoms with Crippen LogP contribution in [-0.2, 0) is 17.9 Å². The fourth-order valence-electron chi connectivity index (χ4n) is 3.17. The van der Waals surface area contributed by atoms with Gasteiger partial charge in [-0.2, -0.15) is 0 Å². The molecule has 18 heavy (non-hydrogen) atoms. The molecule has 0 bridgehead atoms. The van der Waals surface area contributed by atoms with E-state index in [-0.39, 0.29) is 0 Å². The van der Waals surface area contributed by atoms with Crippen LogP contribution in [0.4, 0.5) is 0 Å². The first-order chi connectivity index (χ1) is 8.58. The Hall–Kier alpha value is -1.39. The van der Waals surface area contributed by atoms with Crippen molar-refractivity contribution in [2.45, 2.75) is 43.9 Å². The average molecular weight is 246 g/mol. The number of nitrogens with two attached hydrogens (primary N) is 1. The van der Waals surface area contributed by atoms with Crippen molar-refractivity contribution in [3.8, 4) is 0 Å². The highest BCUT2D eigenvalue weighted by Gasteiger charge is 2.44. The van der Waals surface area contributed by atoms with Crippen molar-refractivity contribution in [1.82, 2.24) is 4.90 Å². The molecule has 96 valence electrons. The quantitative estimate of drug-likeness (QED) is 0.826. The lowest BCUT2D eigenvalue weighted by Gasteiger charge is -2.25. The Bertz CT molecular complexity index is 463. The van der Waals surface area contributed by atoms with Crippen LogP contribution in [-0.4, -0.2) is 27.6 Å². The minimum atomic E-state index is -1.01. The lowest BCUT2D eigenvalue weighted by atomic mass is 9.99. The third-order valence-electron chi connectivity index (χ3n) is 4.33. The van der Waals surface area contributed by atoms with Crippen molar-refractivity contribution in [3.63, 3.8) is 0 Å². The molecule has 2 aliphatic rings. The van der Waals surface area contributed by atoms with Crippen LogP contribution in [0.1, 0.15) is 30.4 Å². The van der Waals surface area contributed by atoms with E-state index >= 15 is 0 Å². The van der Waals surface area contributed by atoms with Gasteiger partial charge in [-0.15, -0.1) is 0 Å². The van der Waals surface area contributed by atoms with Gasteiger partial charge in [0, 0.05) is 19.1 Å². The Morgan fingerprint density at radius 3 is 2.44 bits per heavy atom. The van der Waals surface area contributed by atoms with Gasteiger partial charge in [0.25, 0.3) is 0 Å². The molecule has 4 heteroatoms. The molecule has 0 spiro atoms. The second kappa shape index (κ2) is 4.07. The fourth-order valence-corrected chi connectivity index (χ4v) is 3.17. The molecule has 1 fully saturated rings. The SMILES string of the molecule is NC1(C(=O)O)CCC(N2Cc3ccccc3C2)C1. The van der Waals surface area contributed by atoms with Crippen LogP contribution in [0, 0.1) is 0 Å². The lowest BCUT2D eigenvalue weighted by molar-refractivity contribution is -0.143. The van der Waals surface area contributed by atoms with E-state index in [4.69, 9.17) is 10.8 Å². The van der Waals surface area contributed by atoms with Crippen molar-refractivity contribution in [2.75, 3.05) is 0 Å². The van der Waals surface area contributed by atoms with E-state index in [9.17, 15) is 4.79 Å². The van der Waals surface area contributed by atoms with Gasteiger partial charge < -0.3 is 10.8 Å². The number of carboxylic acid groups (broad SMARTS) is 1. The first-order valence-corrected chi connectivity index (χ1v) is 6.42. The van der Waals surface area contributed by atoms with Crippen LogP contribution in [0.15, 0.2) is 24.3 Å². The number of aliphatic carboxylic acids is 1. The van der Waals surface area contributed by atoms with Crippen molar-refractivity contribution in [3.05, 3.63) is 35.4 Å². The minimum absolute atomic E-state index is 0.304. The normalized spacial score (nSPS) is 31.5. The Morgan fingerprint density at radius 1 is 1.33 bits per heavy atom. The smallest absolute Gasteiger partial charge is 0.323 e. The first-order valence-electron chi connectivity index (χ1n) is 6.42. The van der Waals surface area contributed by atoms with E-state index in [1.165, 1.54) is 11.1 Å². The third-order valence-corrected chi connectivity index (χ3v) is 4.33. The summed E-state index contributed by atoms with van der Waals surface area (Å²) < 4.78 is 0. The molecule has 0 radical (unpaired) electrons. The molecule has 2 unspecified atom stereocenters.